The summed E-state index contributed by atoms with van der Waals surface area (Å²) in [7, 11) is 0. The van der Waals surface area contributed by atoms with E-state index < -0.39 is 0 Å². The molecular weight excluding hydrogens is 291 g/mol. The smallest absolute Gasteiger partial charge is 0.131 e. The fourth-order valence-corrected chi connectivity index (χ4v) is 2.28. The fraction of sp³-hybridized carbons (Fsp3) is 0.154. The van der Waals surface area contributed by atoms with Crippen LogP contribution in [0.1, 0.15) is 18.5 Å². The molecule has 1 atom stereocenters. The maximum atomic E-state index is 6.17. The van der Waals surface area contributed by atoms with Gasteiger partial charge in [-0.1, -0.05) is 53.0 Å². The molecule has 0 saturated carbocycles. The lowest BCUT2D eigenvalue weighted by molar-refractivity contribution is 0.875. The molecule has 0 saturated heterocycles. The molecule has 1 unspecified atom stereocenters. The number of pyridine rings is 1. The van der Waals surface area contributed by atoms with Gasteiger partial charge in [0.1, 0.15) is 11.0 Å². The van der Waals surface area contributed by atoms with Crippen molar-refractivity contribution in [3.63, 3.8) is 0 Å². The topological polar surface area (TPSA) is 24.9 Å². The minimum atomic E-state index is -0.0119. The zero-order valence-corrected chi connectivity index (χ0v) is 11.9. The Hall–Kier alpha value is -0.960. The molecule has 5 heteroatoms. The summed E-state index contributed by atoms with van der Waals surface area (Å²) in [5.74, 6) is 0.700. The third-order valence-corrected chi connectivity index (χ3v) is 3.57. The number of nitrogens with zero attached hydrogens (tertiary/aromatic N) is 1. The van der Waals surface area contributed by atoms with Gasteiger partial charge in [0.05, 0.1) is 16.1 Å². The molecule has 0 aliphatic heterocycles. The van der Waals surface area contributed by atoms with Crippen LogP contribution in [-0.4, -0.2) is 4.98 Å². The summed E-state index contributed by atoms with van der Waals surface area (Å²) in [5, 5.41) is 4.78. The summed E-state index contributed by atoms with van der Waals surface area (Å²) < 4.78 is 0. The molecule has 0 radical (unpaired) electrons. The molecule has 1 aromatic heterocycles. The Kier molecular flexibility index (Phi) is 4.33. The van der Waals surface area contributed by atoms with E-state index in [1.807, 2.05) is 31.2 Å². The Labute approximate surface area is 121 Å². The van der Waals surface area contributed by atoms with Crippen molar-refractivity contribution in [2.75, 3.05) is 5.32 Å². The minimum absolute atomic E-state index is 0.0119. The zero-order valence-electron chi connectivity index (χ0n) is 9.62. The van der Waals surface area contributed by atoms with E-state index in [0.29, 0.717) is 21.0 Å². The molecular formula is C13H11Cl3N2. The zero-order chi connectivity index (χ0) is 13.1. The molecule has 0 bridgehead atoms. The number of nitrogens with one attached hydrogen (secondary N) is 1. The number of hydrogen-bond acceptors (Lipinski definition) is 2. The Morgan fingerprint density at radius 3 is 2.50 bits per heavy atom. The van der Waals surface area contributed by atoms with E-state index in [2.05, 4.69) is 10.3 Å². The average Bonchev–Trinajstić information content (AvgIpc) is 2.32. The standard InChI is InChI=1S/C13H11Cl3N2/c1-8(9-4-2-5-10(14)13(9)16)17-12-7-3-6-11(15)18-12/h2-8H,1H3,(H,17,18). The highest BCUT2D eigenvalue weighted by Crippen LogP contribution is 2.31. The van der Waals surface area contributed by atoms with Crippen molar-refractivity contribution in [3.8, 4) is 0 Å². The van der Waals surface area contributed by atoms with E-state index in [4.69, 9.17) is 34.8 Å². The highest BCUT2D eigenvalue weighted by molar-refractivity contribution is 6.42. The molecule has 2 aromatic rings. The van der Waals surface area contributed by atoms with Crippen LogP contribution in [0.4, 0.5) is 5.82 Å². The highest BCUT2D eigenvalue weighted by Gasteiger charge is 2.12. The number of aromatic nitrogens is 1. The molecule has 0 spiro atoms. The van der Waals surface area contributed by atoms with Gasteiger partial charge in [0.2, 0.25) is 0 Å². The Balaban J connectivity index is 2.22. The van der Waals surface area contributed by atoms with Crippen LogP contribution in [0.3, 0.4) is 0 Å². The van der Waals surface area contributed by atoms with Crippen LogP contribution in [0.2, 0.25) is 15.2 Å². The first-order valence-corrected chi connectivity index (χ1v) is 6.54. The van der Waals surface area contributed by atoms with Gasteiger partial charge >= 0.3 is 0 Å². The van der Waals surface area contributed by atoms with Crippen molar-refractivity contribution in [3.05, 3.63) is 57.2 Å². The van der Waals surface area contributed by atoms with Crippen molar-refractivity contribution in [1.82, 2.24) is 4.98 Å². The van der Waals surface area contributed by atoms with Crippen LogP contribution in [0, 0.1) is 0 Å². The van der Waals surface area contributed by atoms with Crippen molar-refractivity contribution >= 4 is 40.6 Å². The predicted octanol–water partition coefficient (Wildman–Crippen LogP) is 5.21. The summed E-state index contributed by atoms with van der Waals surface area (Å²) in [6.07, 6.45) is 0. The Morgan fingerprint density at radius 2 is 1.78 bits per heavy atom. The molecule has 0 aliphatic carbocycles. The lowest BCUT2D eigenvalue weighted by atomic mass is 10.1. The van der Waals surface area contributed by atoms with Crippen LogP contribution in [-0.2, 0) is 0 Å². The van der Waals surface area contributed by atoms with Crippen LogP contribution in [0.15, 0.2) is 36.4 Å². The van der Waals surface area contributed by atoms with Crippen LogP contribution in [0.5, 0.6) is 0 Å². The molecule has 0 amide bonds. The quantitative estimate of drug-likeness (QED) is 0.787. The maximum absolute atomic E-state index is 6.17. The molecule has 0 aliphatic rings. The summed E-state index contributed by atoms with van der Waals surface area (Å²) in [5.41, 5.74) is 0.922. The molecule has 1 heterocycles. The maximum Gasteiger partial charge on any atom is 0.131 e. The van der Waals surface area contributed by atoms with Crippen LogP contribution < -0.4 is 5.32 Å². The van der Waals surface area contributed by atoms with Crippen LogP contribution in [0.25, 0.3) is 0 Å². The normalized spacial score (nSPS) is 12.2. The molecule has 94 valence electrons. The molecule has 2 nitrogen and oxygen atoms in total. The van der Waals surface area contributed by atoms with E-state index >= 15 is 0 Å². The van der Waals surface area contributed by atoms with Gasteiger partial charge in [0, 0.05) is 0 Å². The Bertz CT molecular complexity index is 558. The van der Waals surface area contributed by atoms with Gasteiger partial charge in [-0.3, -0.25) is 0 Å². The largest absolute Gasteiger partial charge is 0.363 e. The van der Waals surface area contributed by atoms with Crippen molar-refractivity contribution in [2.45, 2.75) is 13.0 Å². The van der Waals surface area contributed by atoms with E-state index in [0.717, 1.165) is 5.56 Å². The number of hydrogen-bond donors (Lipinski definition) is 1. The third kappa shape index (κ3) is 3.08. The number of benzene rings is 1. The van der Waals surface area contributed by atoms with Gasteiger partial charge in [-0.05, 0) is 30.7 Å². The van der Waals surface area contributed by atoms with E-state index in [1.54, 1.807) is 12.1 Å². The van der Waals surface area contributed by atoms with Gasteiger partial charge in [0.25, 0.3) is 0 Å². The first kappa shape index (κ1) is 13.5. The van der Waals surface area contributed by atoms with Gasteiger partial charge in [-0.25, -0.2) is 4.98 Å². The third-order valence-electron chi connectivity index (χ3n) is 2.53. The monoisotopic (exact) mass is 300 g/mol. The molecule has 1 N–H and O–H groups in total. The van der Waals surface area contributed by atoms with Gasteiger partial charge in [-0.2, -0.15) is 0 Å². The number of rotatable bonds is 3. The summed E-state index contributed by atoms with van der Waals surface area (Å²) in [6.45, 7) is 1.99. The van der Waals surface area contributed by atoms with Crippen molar-refractivity contribution in [2.24, 2.45) is 0 Å². The second-order valence-electron chi connectivity index (χ2n) is 3.85. The summed E-state index contributed by atoms with van der Waals surface area (Å²) in [4.78, 5) is 4.17. The molecule has 1 aromatic carbocycles. The number of anilines is 1. The Morgan fingerprint density at radius 1 is 1.06 bits per heavy atom. The number of halogens is 3. The first-order chi connectivity index (χ1) is 8.58. The van der Waals surface area contributed by atoms with Gasteiger partial charge in [-0.15, -0.1) is 0 Å². The van der Waals surface area contributed by atoms with Crippen molar-refractivity contribution < 1.29 is 0 Å². The summed E-state index contributed by atoms with van der Waals surface area (Å²) >= 11 is 18.0. The highest BCUT2D eigenvalue weighted by atomic mass is 35.5. The first-order valence-electron chi connectivity index (χ1n) is 5.41. The summed E-state index contributed by atoms with van der Waals surface area (Å²) in [6, 6.07) is 11.0. The van der Waals surface area contributed by atoms with Crippen LogP contribution >= 0.6 is 34.8 Å². The van der Waals surface area contributed by atoms with E-state index in [-0.39, 0.29) is 6.04 Å². The lowest BCUT2D eigenvalue weighted by Crippen LogP contribution is -2.08. The molecule has 18 heavy (non-hydrogen) atoms. The van der Waals surface area contributed by atoms with Gasteiger partial charge in [0.15, 0.2) is 0 Å². The second-order valence-corrected chi connectivity index (χ2v) is 5.03. The average molecular weight is 302 g/mol. The SMILES string of the molecule is CC(Nc1cccc(Cl)n1)c1cccc(Cl)c1Cl. The van der Waals surface area contributed by atoms with Gasteiger partial charge < -0.3 is 5.32 Å². The minimum Gasteiger partial charge on any atom is -0.363 e. The van der Waals surface area contributed by atoms with E-state index in [1.165, 1.54) is 0 Å². The fourth-order valence-electron chi connectivity index (χ4n) is 1.64. The predicted molar refractivity (Wildman–Crippen MR) is 77.7 cm³/mol. The molecule has 0 fully saturated rings. The van der Waals surface area contributed by atoms with Crippen molar-refractivity contribution in [1.29, 1.82) is 0 Å². The molecule has 2 rings (SSSR count). The lowest BCUT2D eigenvalue weighted by Gasteiger charge is -2.16. The second kappa shape index (κ2) is 5.79. The van der Waals surface area contributed by atoms with E-state index in [9.17, 15) is 0 Å².